The molecule has 3 aromatic carbocycles. The Bertz CT molecular complexity index is 1670. The number of nitrogens with one attached hydrogen (secondary N) is 1. The van der Waals surface area contributed by atoms with Crippen molar-refractivity contribution in [2.75, 3.05) is 10.8 Å². The molecule has 0 radical (unpaired) electrons. The molecule has 1 N–H and O–H groups in total. The maximum Gasteiger partial charge on any atom is 0.293 e. The Kier molecular flexibility index (Phi) is 8.27. The lowest BCUT2D eigenvalue weighted by Gasteiger charge is -2.23. The van der Waals surface area contributed by atoms with E-state index < -0.39 is 33.1 Å². The summed E-state index contributed by atoms with van der Waals surface area (Å²) in [5, 5.41) is 15.7. The first-order chi connectivity index (χ1) is 18.6. The average Bonchev–Trinajstić information content (AvgIpc) is 3.20. The zero-order valence-corrected chi connectivity index (χ0v) is 23.4. The van der Waals surface area contributed by atoms with Gasteiger partial charge in [0.05, 0.1) is 21.7 Å². The van der Waals surface area contributed by atoms with Crippen molar-refractivity contribution in [1.29, 1.82) is 0 Å². The van der Waals surface area contributed by atoms with E-state index >= 15 is 0 Å². The fourth-order valence-electron chi connectivity index (χ4n) is 4.11. The number of halogens is 1. The Labute approximate surface area is 233 Å². The Morgan fingerprint density at radius 3 is 2.38 bits per heavy atom. The molecule has 0 atom stereocenters. The Hall–Kier alpha value is -4.29. The fourth-order valence-corrected chi connectivity index (χ4v) is 6.03. The van der Waals surface area contributed by atoms with E-state index in [4.69, 9.17) is 0 Å². The minimum absolute atomic E-state index is 0.112. The number of amides is 1. The zero-order valence-electron chi connectivity index (χ0n) is 21.0. The van der Waals surface area contributed by atoms with Gasteiger partial charge in [0.25, 0.3) is 21.6 Å². The first kappa shape index (κ1) is 27.7. The third kappa shape index (κ3) is 5.91. The molecule has 0 fully saturated rings. The SMILES string of the molecule is Cc1cc(/C=N\NC(=O)CN(c2ccccc2[N+](=O)[O-])S(=O)(=O)c2ccccc2)c(C)n1-c1ccccc1Br. The predicted octanol–water partition coefficient (Wildman–Crippen LogP) is 5.11. The zero-order chi connectivity index (χ0) is 28.2. The molecule has 1 aromatic heterocycles. The molecule has 39 heavy (non-hydrogen) atoms. The first-order valence-corrected chi connectivity index (χ1v) is 13.9. The van der Waals surface area contributed by atoms with Gasteiger partial charge in [-0.05, 0) is 66.2 Å². The van der Waals surface area contributed by atoms with Crippen molar-refractivity contribution in [1.82, 2.24) is 9.99 Å². The van der Waals surface area contributed by atoms with E-state index in [9.17, 15) is 23.3 Å². The average molecular weight is 610 g/mol. The second kappa shape index (κ2) is 11.6. The van der Waals surface area contributed by atoms with Gasteiger partial charge >= 0.3 is 0 Å². The number of hydrogen-bond donors (Lipinski definition) is 1. The molecule has 200 valence electrons. The largest absolute Gasteiger partial charge is 0.317 e. The summed E-state index contributed by atoms with van der Waals surface area (Å²) in [6, 6.07) is 22.4. The monoisotopic (exact) mass is 609 g/mol. The number of carbonyl (C=O) groups excluding carboxylic acids is 1. The summed E-state index contributed by atoms with van der Waals surface area (Å²) in [7, 11) is -4.32. The molecule has 1 heterocycles. The van der Waals surface area contributed by atoms with Crippen molar-refractivity contribution in [2.45, 2.75) is 18.7 Å². The van der Waals surface area contributed by atoms with E-state index in [1.807, 2.05) is 48.7 Å². The molecule has 4 aromatic rings. The van der Waals surface area contributed by atoms with Gasteiger partial charge in [-0.3, -0.25) is 14.9 Å². The van der Waals surface area contributed by atoms with E-state index in [1.165, 1.54) is 54.7 Å². The highest BCUT2D eigenvalue weighted by atomic mass is 79.9. The third-order valence-corrected chi connectivity index (χ3v) is 8.37. The van der Waals surface area contributed by atoms with Crippen molar-refractivity contribution < 1.29 is 18.1 Å². The molecule has 10 nitrogen and oxygen atoms in total. The number of hydrazone groups is 1. The molecule has 0 saturated heterocycles. The number of nitro benzene ring substituents is 1. The Balaban J connectivity index is 1.60. The van der Waals surface area contributed by atoms with Gasteiger partial charge in [-0.1, -0.05) is 42.5 Å². The topological polar surface area (TPSA) is 127 Å². The van der Waals surface area contributed by atoms with Crippen LogP contribution in [0.15, 0.2) is 99.4 Å². The molecule has 0 saturated carbocycles. The van der Waals surface area contributed by atoms with Crippen molar-refractivity contribution in [3.8, 4) is 5.69 Å². The van der Waals surface area contributed by atoms with Gasteiger partial charge in [0.1, 0.15) is 12.2 Å². The molecule has 0 aliphatic carbocycles. The summed E-state index contributed by atoms with van der Waals surface area (Å²) in [6.45, 7) is 3.13. The molecule has 1 amide bonds. The highest BCUT2D eigenvalue weighted by Gasteiger charge is 2.31. The van der Waals surface area contributed by atoms with Crippen LogP contribution in [0.2, 0.25) is 0 Å². The molecular weight excluding hydrogens is 586 g/mol. The number of nitro groups is 1. The van der Waals surface area contributed by atoms with Gasteiger partial charge in [0.15, 0.2) is 0 Å². The lowest BCUT2D eigenvalue weighted by Crippen LogP contribution is -2.39. The number of anilines is 1. The molecule has 12 heteroatoms. The number of aromatic nitrogens is 1. The normalized spacial score (nSPS) is 11.5. The van der Waals surface area contributed by atoms with Crippen LogP contribution in [0.4, 0.5) is 11.4 Å². The van der Waals surface area contributed by atoms with E-state index in [-0.39, 0.29) is 10.6 Å². The van der Waals surface area contributed by atoms with Gasteiger partial charge in [-0.15, -0.1) is 0 Å². The quantitative estimate of drug-likeness (QED) is 0.160. The molecule has 0 bridgehead atoms. The number of carbonyl (C=O) groups is 1. The molecular formula is C27H24BrN5O5S. The standard InChI is InChI=1S/C27H24BrN5O5S/c1-19-16-21(20(2)32(19)24-13-7-6-12-23(24)28)17-29-30-27(34)18-31(25-14-8-9-15-26(25)33(35)36)39(37,38)22-10-4-3-5-11-22/h3-17H,18H2,1-2H3,(H,30,34)/b29-17-. The number of hydrogen-bond acceptors (Lipinski definition) is 6. The van der Waals surface area contributed by atoms with Crippen LogP contribution in [-0.2, 0) is 14.8 Å². The number of rotatable bonds is 9. The number of aryl methyl sites for hydroxylation is 1. The van der Waals surface area contributed by atoms with Gasteiger partial charge in [-0.2, -0.15) is 5.10 Å². The van der Waals surface area contributed by atoms with Gasteiger partial charge in [0, 0.05) is 27.5 Å². The van der Waals surface area contributed by atoms with Crippen LogP contribution in [0.1, 0.15) is 17.0 Å². The molecule has 0 aliphatic heterocycles. The fraction of sp³-hybridized carbons (Fsp3) is 0.111. The molecule has 0 aliphatic rings. The van der Waals surface area contributed by atoms with Crippen LogP contribution in [0.25, 0.3) is 5.69 Å². The van der Waals surface area contributed by atoms with Crippen molar-refractivity contribution in [2.24, 2.45) is 5.10 Å². The lowest BCUT2D eigenvalue weighted by molar-refractivity contribution is -0.384. The summed E-state index contributed by atoms with van der Waals surface area (Å²) < 4.78 is 30.6. The van der Waals surface area contributed by atoms with Crippen LogP contribution >= 0.6 is 15.9 Å². The third-order valence-electron chi connectivity index (χ3n) is 5.92. The second-order valence-electron chi connectivity index (χ2n) is 8.48. The Morgan fingerprint density at radius 1 is 1.05 bits per heavy atom. The second-order valence-corrected chi connectivity index (χ2v) is 11.2. The van der Waals surface area contributed by atoms with Gasteiger partial charge in [-0.25, -0.2) is 18.1 Å². The van der Waals surface area contributed by atoms with Gasteiger partial charge in [0.2, 0.25) is 0 Å². The van der Waals surface area contributed by atoms with Crippen LogP contribution in [0.3, 0.4) is 0 Å². The van der Waals surface area contributed by atoms with Crippen molar-refractivity contribution >= 4 is 49.4 Å². The van der Waals surface area contributed by atoms with Crippen LogP contribution in [0, 0.1) is 24.0 Å². The van der Waals surface area contributed by atoms with Crippen molar-refractivity contribution in [3.05, 3.63) is 116 Å². The minimum Gasteiger partial charge on any atom is -0.317 e. The maximum absolute atomic E-state index is 13.5. The van der Waals surface area contributed by atoms with E-state index in [1.54, 1.807) is 6.07 Å². The number of sulfonamides is 1. The summed E-state index contributed by atoms with van der Waals surface area (Å²) >= 11 is 3.56. The maximum atomic E-state index is 13.5. The van der Waals surface area contributed by atoms with E-state index in [2.05, 4.69) is 26.5 Å². The number of nitrogens with zero attached hydrogens (tertiary/aromatic N) is 4. The summed E-state index contributed by atoms with van der Waals surface area (Å²) in [5.41, 5.74) is 5.18. The minimum atomic E-state index is -4.32. The van der Waals surface area contributed by atoms with E-state index in [0.717, 1.165) is 27.1 Å². The molecule has 0 unspecified atom stereocenters. The van der Waals surface area contributed by atoms with Crippen LogP contribution in [0.5, 0.6) is 0 Å². The highest BCUT2D eigenvalue weighted by molar-refractivity contribution is 9.10. The summed E-state index contributed by atoms with van der Waals surface area (Å²) in [4.78, 5) is 23.7. The van der Waals surface area contributed by atoms with Crippen LogP contribution in [-0.4, -0.2) is 36.6 Å². The number of benzene rings is 3. The highest BCUT2D eigenvalue weighted by Crippen LogP contribution is 2.32. The molecule has 0 spiro atoms. The van der Waals surface area contributed by atoms with Crippen LogP contribution < -0.4 is 9.73 Å². The smallest absolute Gasteiger partial charge is 0.293 e. The predicted molar refractivity (Wildman–Crippen MR) is 153 cm³/mol. The van der Waals surface area contributed by atoms with Crippen molar-refractivity contribution in [3.63, 3.8) is 0 Å². The summed E-state index contributed by atoms with van der Waals surface area (Å²) in [5.74, 6) is -0.775. The Morgan fingerprint density at radius 2 is 1.69 bits per heavy atom. The van der Waals surface area contributed by atoms with Gasteiger partial charge < -0.3 is 4.57 Å². The molecule has 4 rings (SSSR count). The summed E-state index contributed by atoms with van der Waals surface area (Å²) in [6.07, 6.45) is 1.47. The number of para-hydroxylation sites is 3. The van der Waals surface area contributed by atoms with E-state index in [0.29, 0.717) is 4.31 Å². The lowest BCUT2D eigenvalue weighted by atomic mass is 10.2. The first-order valence-electron chi connectivity index (χ1n) is 11.7.